The standard InChI is InChI=1S/C46H44FGeN4O.C17H20N.Ir/c1-26(2)37-24-31(30-17-19-32(20-18-30)48(7,8)9)25-38(27(3)4)43(37)52-41-16-11-10-15-39(41)51-46(52)36-14-12-13-33-34-21-22-35(42(47)45(34)53-44(33)36)40-23-28(5)49-29(6)50-40;1-13-8-6-7-9-15(13)16-11-10-14(12-18(16)5)17(2,3)4;/h10-13,15-27H,1-9H3;6-12H,1,5H2,2-4H3;/q2*-1;+3/i5D3,6D3;;. The van der Waals surface area contributed by atoms with Crippen molar-refractivity contribution in [2.24, 2.45) is 0 Å². The first kappa shape index (κ1) is 44.4. The minimum absolute atomic E-state index is 0. The third-order valence-electron chi connectivity index (χ3n) is 13.2. The van der Waals surface area contributed by atoms with Gasteiger partial charge in [-0.2, -0.15) is 18.6 Å². The molecular weight excluding hydrogens is 1130 g/mol. The van der Waals surface area contributed by atoms with Gasteiger partial charge in [-0.3, -0.25) is 0 Å². The van der Waals surface area contributed by atoms with Crippen molar-refractivity contribution in [1.82, 2.24) is 19.5 Å². The average molecular weight is 1200 g/mol. The SMILES string of the molecule is [2H]C([2H])([2H])c1cc(-c2ccc3c(oc4c(-c5nc6ccccc6n5-c5c(C(C)C)cc(-c6cc[c]([Ge]([CH3])([CH3])[CH3])cc6)cc5C(C)C)[c-]ccc43)c2F)nc(C([2H])([2H])[2H])n1.[CH2-]c1ccccc1-c1ccc(C(C)(C)C)c[n+]1[CH2-].[Ir+3]. The third-order valence-corrected chi connectivity index (χ3v) is 17.6. The van der Waals surface area contributed by atoms with Crippen LogP contribution in [0.3, 0.4) is 0 Å². The molecule has 10 rings (SSSR count). The first-order valence-corrected chi connectivity index (χ1v) is 31.5. The van der Waals surface area contributed by atoms with Gasteiger partial charge in [-0.1, -0.05) is 56.5 Å². The van der Waals surface area contributed by atoms with Gasteiger partial charge < -0.3 is 8.98 Å². The number of nitrogens with zero attached hydrogens (tertiary/aromatic N) is 5. The minimum atomic E-state index is -2.82. The van der Waals surface area contributed by atoms with Crippen LogP contribution in [0.2, 0.25) is 17.3 Å². The Bertz CT molecular complexity index is 3810. The first-order chi connectivity index (χ1) is 36.1. The molecule has 0 radical (unpaired) electrons. The molecule has 0 aliphatic rings. The molecule has 6 aromatic carbocycles. The quantitative estimate of drug-likeness (QED) is 0.0864. The van der Waals surface area contributed by atoms with Gasteiger partial charge in [0.05, 0.1) is 17.6 Å². The second-order valence-corrected chi connectivity index (χ2v) is 31.7. The molecule has 0 unspecified atom stereocenters. The van der Waals surface area contributed by atoms with Crippen LogP contribution in [0.5, 0.6) is 0 Å². The summed E-state index contributed by atoms with van der Waals surface area (Å²) in [6, 6.07) is 45.3. The van der Waals surface area contributed by atoms with Crippen molar-refractivity contribution in [3.8, 4) is 50.7 Å². The van der Waals surface area contributed by atoms with E-state index in [1.165, 1.54) is 21.6 Å². The Morgan fingerprint density at radius 1 is 0.750 bits per heavy atom. The molecule has 10 aromatic rings. The summed E-state index contributed by atoms with van der Waals surface area (Å²) >= 11 is -2.01. The van der Waals surface area contributed by atoms with Crippen LogP contribution in [0, 0.1) is 39.6 Å². The number of benzene rings is 6. The molecule has 0 fully saturated rings. The molecule has 0 amide bonds. The van der Waals surface area contributed by atoms with Crippen LogP contribution in [0.4, 0.5) is 4.39 Å². The molecule has 6 nitrogen and oxygen atoms in total. The van der Waals surface area contributed by atoms with E-state index in [9.17, 15) is 0 Å². The van der Waals surface area contributed by atoms with Crippen LogP contribution in [0.15, 0.2) is 138 Å². The van der Waals surface area contributed by atoms with Gasteiger partial charge >= 0.3 is 221 Å². The van der Waals surface area contributed by atoms with Crippen LogP contribution in [-0.4, -0.2) is 32.8 Å². The zero-order valence-electron chi connectivity index (χ0n) is 48.6. The van der Waals surface area contributed by atoms with E-state index >= 15 is 4.39 Å². The van der Waals surface area contributed by atoms with Gasteiger partial charge in [0.1, 0.15) is 5.82 Å². The van der Waals surface area contributed by atoms with Gasteiger partial charge in [0.15, 0.2) is 11.4 Å². The van der Waals surface area contributed by atoms with E-state index in [0.29, 0.717) is 27.7 Å². The van der Waals surface area contributed by atoms with E-state index in [-0.39, 0.29) is 54.2 Å². The zero-order chi connectivity index (χ0) is 55.7. The Hall–Kier alpha value is -6.32. The number of para-hydroxylation sites is 2. The van der Waals surface area contributed by atoms with Crippen molar-refractivity contribution in [3.05, 3.63) is 193 Å². The normalized spacial score (nSPS) is 13.5. The van der Waals surface area contributed by atoms with E-state index in [1.807, 2.05) is 47.0 Å². The van der Waals surface area contributed by atoms with Crippen LogP contribution < -0.4 is 8.96 Å². The number of hydrogen-bond donors (Lipinski definition) is 0. The molecular formula is C63H64FGeIrN5O+. The molecule has 72 heavy (non-hydrogen) atoms. The molecule has 4 heterocycles. The van der Waals surface area contributed by atoms with Gasteiger partial charge in [0.2, 0.25) is 0 Å². The fourth-order valence-electron chi connectivity index (χ4n) is 9.29. The molecule has 0 saturated carbocycles. The topological polar surface area (TPSA) is 60.6 Å². The van der Waals surface area contributed by atoms with Gasteiger partial charge in [-0.25, -0.2) is 14.4 Å². The summed E-state index contributed by atoms with van der Waals surface area (Å²) in [6.07, 6.45) is 2.10. The fraction of sp³-hybridized carbons (Fsp3) is 0.238. The monoisotopic (exact) mass is 1200 g/mol. The molecule has 0 spiro atoms. The van der Waals surface area contributed by atoms with Crippen LogP contribution in [-0.2, 0) is 25.5 Å². The number of fused-ring (bicyclic) bond motifs is 4. The van der Waals surface area contributed by atoms with Crippen LogP contribution in [0.25, 0.3) is 83.7 Å². The number of halogens is 1. The first-order valence-electron chi connectivity index (χ1n) is 27.1. The van der Waals surface area contributed by atoms with Gasteiger partial charge in [0.25, 0.3) is 0 Å². The summed E-state index contributed by atoms with van der Waals surface area (Å²) in [5, 5.41) is 1.09. The maximum atomic E-state index is 16.8. The summed E-state index contributed by atoms with van der Waals surface area (Å²) in [4.78, 5) is 13.1. The molecule has 0 aliphatic heterocycles. The van der Waals surface area contributed by atoms with Crippen molar-refractivity contribution >= 4 is 50.6 Å². The Kier molecular flexibility index (Phi) is 12.5. The molecule has 0 bridgehead atoms. The fourth-order valence-corrected chi connectivity index (χ4v) is 11.7. The number of rotatable bonds is 8. The number of hydrogen-bond acceptors (Lipinski definition) is 4. The Morgan fingerprint density at radius 3 is 2.07 bits per heavy atom. The minimum Gasteiger partial charge on any atom is -0.343 e. The molecule has 0 N–H and O–H groups in total. The predicted octanol–water partition coefficient (Wildman–Crippen LogP) is 15.8. The van der Waals surface area contributed by atoms with Crippen molar-refractivity contribution in [2.75, 3.05) is 0 Å². The maximum absolute atomic E-state index is 16.8. The second kappa shape index (κ2) is 20.3. The number of pyridine rings is 1. The van der Waals surface area contributed by atoms with E-state index in [1.54, 1.807) is 12.1 Å². The average Bonchev–Trinajstić information content (AvgIpc) is 4.13. The van der Waals surface area contributed by atoms with Crippen molar-refractivity contribution in [2.45, 2.75) is 96.7 Å². The van der Waals surface area contributed by atoms with E-state index < -0.39 is 44.3 Å². The summed E-state index contributed by atoms with van der Waals surface area (Å²) in [5.41, 5.74) is 12.0. The summed E-state index contributed by atoms with van der Waals surface area (Å²) < 4.78 is 76.1. The van der Waals surface area contributed by atoms with Crippen LogP contribution in [0.1, 0.15) is 102 Å². The predicted molar refractivity (Wildman–Crippen MR) is 296 cm³/mol. The molecule has 0 aliphatic carbocycles. The van der Waals surface area contributed by atoms with Crippen LogP contribution >= 0.6 is 0 Å². The Balaban J connectivity index is 0.000000358. The van der Waals surface area contributed by atoms with Gasteiger partial charge in [-0.15, -0.1) is 29.8 Å². The second-order valence-electron chi connectivity index (χ2n) is 21.0. The molecule has 0 saturated heterocycles. The van der Waals surface area contributed by atoms with E-state index in [0.717, 1.165) is 56.3 Å². The van der Waals surface area contributed by atoms with E-state index in [4.69, 9.17) is 17.6 Å². The summed E-state index contributed by atoms with van der Waals surface area (Å²) in [5.74, 6) is 6.56. The van der Waals surface area contributed by atoms with Crippen molar-refractivity contribution in [1.29, 1.82) is 0 Å². The number of aromatic nitrogens is 5. The van der Waals surface area contributed by atoms with Crippen molar-refractivity contribution in [3.63, 3.8) is 0 Å². The number of furan rings is 1. The molecule has 366 valence electrons. The Labute approximate surface area is 450 Å². The number of imidazole rings is 1. The third kappa shape index (κ3) is 10.1. The summed E-state index contributed by atoms with van der Waals surface area (Å²) in [6.45, 7) is 13.9. The van der Waals surface area contributed by atoms with Gasteiger partial charge in [-0.05, 0) is 36.8 Å². The Morgan fingerprint density at radius 2 is 1.43 bits per heavy atom. The zero-order valence-corrected chi connectivity index (χ0v) is 47.1. The summed E-state index contributed by atoms with van der Waals surface area (Å²) in [7, 11) is 4.10. The van der Waals surface area contributed by atoms with Crippen molar-refractivity contribution < 1.29 is 41.7 Å². The molecule has 9 heteroatoms. The number of aryl methyl sites for hydroxylation is 2. The molecule has 0 atom stereocenters. The molecule has 4 aromatic heterocycles. The van der Waals surface area contributed by atoms with E-state index in [2.05, 4.69) is 167 Å². The smallest absolute Gasteiger partial charge is 0.343 e. The van der Waals surface area contributed by atoms with Gasteiger partial charge in [0, 0.05) is 31.9 Å².